The average molecular weight is 345 g/mol. The number of benzene rings is 2. The highest BCUT2D eigenvalue weighted by molar-refractivity contribution is 9.10. The lowest BCUT2D eigenvalue weighted by Crippen LogP contribution is -1.99. The van der Waals surface area contributed by atoms with Crippen LogP contribution in [0, 0.1) is 6.92 Å². The lowest BCUT2D eigenvalue weighted by atomic mass is 10.0. The van der Waals surface area contributed by atoms with Crippen LogP contribution >= 0.6 is 15.9 Å². The van der Waals surface area contributed by atoms with Crippen LogP contribution in [0.5, 0.6) is 0 Å². The number of rotatable bonds is 2. The molecule has 0 radical (unpaired) electrons. The Bertz CT molecular complexity index is 803. The van der Waals surface area contributed by atoms with E-state index < -0.39 is 0 Å². The molecule has 4 nitrogen and oxygen atoms in total. The quantitative estimate of drug-likeness (QED) is 0.709. The second kappa shape index (κ2) is 5.15. The van der Waals surface area contributed by atoms with Crippen molar-refractivity contribution >= 4 is 32.7 Å². The molecule has 0 unspecified atom stereocenters. The summed E-state index contributed by atoms with van der Waals surface area (Å²) in [5.74, 6) is 0.515. The van der Waals surface area contributed by atoms with Gasteiger partial charge in [-0.05, 0) is 52.5 Å². The molecule has 1 heterocycles. The molecule has 0 saturated carbocycles. The Morgan fingerprint density at radius 3 is 2.43 bits per heavy atom. The zero-order valence-electron chi connectivity index (χ0n) is 12.3. The maximum absolute atomic E-state index is 6.03. The molecule has 0 aliphatic heterocycles. The first-order chi connectivity index (χ1) is 9.97. The van der Waals surface area contributed by atoms with Crippen molar-refractivity contribution in [2.24, 2.45) is 0 Å². The number of aromatic nitrogens is 3. The van der Waals surface area contributed by atoms with Gasteiger partial charge in [-0.25, -0.2) is 0 Å². The first-order valence-corrected chi connectivity index (χ1v) is 7.68. The topological polar surface area (TPSA) is 56.7 Å². The summed E-state index contributed by atoms with van der Waals surface area (Å²) >= 11 is 3.46. The molecule has 5 heteroatoms. The van der Waals surface area contributed by atoms with Gasteiger partial charge in [-0.15, -0.1) is 10.2 Å². The van der Waals surface area contributed by atoms with Crippen LogP contribution in [0.4, 0.5) is 5.69 Å². The second-order valence-electron chi connectivity index (χ2n) is 5.50. The fourth-order valence-corrected chi connectivity index (χ4v) is 2.81. The normalized spacial score (nSPS) is 11.5. The Kier molecular flexibility index (Phi) is 3.45. The van der Waals surface area contributed by atoms with Gasteiger partial charge in [-0.1, -0.05) is 26.0 Å². The van der Waals surface area contributed by atoms with Crippen molar-refractivity contribution in [1.29, 1.82) is 0 Å². The molecule has 0 aliphatic carbocycles. The van der Waals surface area contributed by atoms with E-state index in [4.69, 9.17) is 5.73 Å². The molecule has 0 fully saturated rings. The Morgan fingerprint density at radius 1 is 1.14 bits per heavy atom. The second-order valence-corrected chi connectivity index (χ2v) is 6.35. The number of hydrogen-bond donors (Lipinski definition) is 1. The molecule has 0 atom stereocenters. The molecule has 0 amide bonds. The molecule has 0 bridgehead atoms. The van der Waals surface area contributed by atoms with Crippen molar-refractivity contribution in [2.45, 2.75) is 26.7 Å². The highest BCUT2D eigenvalue weighted by atomic mass is 79.9. The molecule has 108 valence electrons. The smallest absolute Gasteiger partial charge is 0.118 e. The molecule has 3 rings (SSSR count). The third-order valence-electron chi connectivity index (χ3n) is 3.71. The van der Waals surface area contributed by atoms with Crippen LogP contribution in [0.3, 0.4) is 0 Å². The van der Waals surface area contributed by atoms with E-state index in [2.05, 4.69) is 52.1 Å². The van der Waals surface area contributed by atoms with E-state index in [0.717, 1.165) is 26.8 Å². The monoisotopic (exact) mass is 344 g/mol. The lowest BCUT2D eigenvalue weighted by Gasteiger charge is -2.05. The van der Waals surface area contributed by atoms with Gasteiger partial charge < -0.3 is 5.73 Å². The molecule has 21 heavy (non-hydrogen) atoms. The number of hydrogen-bond acceptors (Lipinski definition) is 3. The number of aryl methyl sites for hydroxylation is 1. The van der Waals surface area contributed by atoms with Crippen molar-refractivity contribution in [3.05, 3.63) is 45.9 Å². The van der Waals surface area contributed by atoms with Crippen molar-refractivity contribution in [1.82, 2.24) is 15.0 Å². The third kappa shape index (κ3) is 2.42. The highest BCUT2D eigenvalue weighted by Gasteiger charge is 2.12. The van der Waals surface area contributed by atoms with E-state index in [-0.39, 0.29) is 0 Å². The number of fused-ring (bicyclic) bond motifs is 1. The van der Waals surface area contributed by atoms with Gasteiger partial charge in [0.15, 0.2) is 0 Å². The van der Waals surface area contributed by atoms with E-state index >= 15 is 0 Å². The summed E-state index contributed by atoms with van der Waals surface area (Å²) in [7, 11) is 0. The largest absolute Gasteiger partial charge is 0.398 e. The van der Waals surface area contributed by atoms with E-state index in [1.807, 2.05) is 25.1 Å². The number of halogens is 1. The van der Waals surface area contributed by atoms with Crippen LogP contribution in [0.25, 0.3) is 16.7 Å². The number of nitrogen functional groups attached to an aromatic ring is 1. The third-order valence-corrected chi connectivity index (χ3v) is 4.37. The summed E-state index contributed by atoms with van der Waals surface area (Å²) in [4.78, 5) is 1.66. The summed E-state index contributed by atoms with van der Waals surface area (Å²) in [5.41, 5.74) is 11.6. The molecule has 0 aliphatic rings. The Hall–Kier alpha value is -1.88. The van der Waals surface area contributed by atoms with E-state index in [0.29, 0.717) is 11.6 Å². The van der Waals surface area contributed by atoms with Gasteiger partial charge in [0.25, 0.3) is 0 Å². The molecule has 3 aromatic rings. The van der Waals surface area contributed by atoms with Crippen LogP contribution in [-0.2, 0) is 0 Å². The van der Waals surface area contributed by atoms with Crippen molar-refractivity contribution in [3.8, 4) is 5.69 Å². The van der Waals surface area contributed by atoms with Crippen LogP contribution in [0.2, 0.25) is 0 Å². The molecule has 0 spiro atoms. The van der Waals surface area contributed by atoms with Gasteiger partial charge in [-0.3, -0.25) is 0 Å². The predicted molar refractivity (Wildman–Crippen MR) is 89.8 cm³/mol. The summed E-state index contributed by atoms with van der Waals surface area (Å²) in [6.07, 6.45) is 0. The standard InChI is InChI=1S/C16H17BrN4/c1-9(2)11-4-6-12(7-5-11)21-19-14-8-13(17)15(18)10(3)16(14)20-21/h4-9H,18H2,1-3H3. The van der Waals surface area contributed by atoms with Gasteiger partial charge in [0, 0.05) is 10.0 Å². The zero-order chi connectivity index (χ0) is 15.1. The van der Waals surface area contributed by atoms with Gasteiger partial charge in [-0.2, -0.15) is 4.80 Å². The maximum atomic E-state index is 6.03. The van der Waals surface area contributed by atoms with Crippen LogP contribution < -0.4 is 5.73 Å². The number of anilines is 1. The van der Waals surface area contributed by atoms with Crippen molar-refractivity contribution in [3.63, 3.8) is 0 Å². The van der Waals surface area contributed by atoms with Gasteiger partial charge in [0.1, 0.15) is 11.0 Å². The Morgan fingerprint density at radius 2 is 1.81 bits per heavy atom. The van der Waals surface area contributed by atoms with E-state index in [1.165, 1.54) is 5.56 Å². The lowest BCUT2D eigenvalue weighted by molar-refractivity contribution is 0.763. The molecule has 2 N–H and O–H groups in total. The fourth-order valence-electron chi connectivity index (χ4n) is 2.29. The molecule has 1 aromatic heterocycles. The van der Waals surface area contributed by atoms with Crippen LogP contribution in [0.1, 0.15) is 30.9 Å². The predicted octanol–water partition coefficient (Wildman–Crippen LogP) is 4.20. The maximum Gasteiger partial charge on any atom is 0.118 e. The van der Waals surface area contributed by atoms with Crippen molar-refractivity contribution in [2.75, 3.05) is 5.73 Å². The Labute approximate surface area is 132 Å². The van der Waals surface area contributed by atoms with E-state index in [1.54, 1.807) is 4.80 Å². The molecular weight excluding hydrogens is 328 g/mol. The van der Waals surface area contributed by atoms with Crippen LogP contribution in [-0.4, -0.2) is 15.0 Å². The van der Waals surface area contributed by atoms with Gasteiger partial charge in [0.2, 0.25) is 0 Å². The minimum absolute atomic E-state index is 0.515. The average Bonchev–Trinajstić information content (AvgIpc) is 2.89. The van der Waals surface area contributed by atoms with Gasteiger partial charge in [0.05, 0.1) is 11.4 Å². The fraction of sp³-hybridized carbons (Fsp3) is 0.250. The summed E-state index contributed by atoms with van der Waals surface area (Å²) in [5, 5.41) is 9.10. The molecular formula is C16H17BrN4. The minimum atomic E-state index is 0.515. The van der Waals surface area contributed by atoms with Crippen molar-refractivity contribution < 1.29 is 0 Å². The summed E-state index contributed by atoms with van der Waals surface area (Å²) in [6.45, 7) is 6.32. The number of nitrogens with two attached hydrogens (primary N) is 1. The minimum Gasteiger partial charge on any atom is -0.398 e. The first-order valence-electron chi connectivity index (χ1n) is 6.89. The Balaban J connectivity index is 2.11. The van der Waals surface area contributed by atoms with Gasteiger partial charge >= 0.3 is 0 Å². The number of nitrogens with zero attached hydrogens (tertiary/aromatic N) is 3. The first kappa shape index (κ1) is 14.1. The van der Waals surface area contributed by atoms with Crippen LogP contribution in [0.15, 0.2) is 34.8 Å². The summed E-state index contributed by atoms with van der Waals surface area (Å²) in [6, 6.07) is 10.2. The highest BCUT2D eigenvalue weighted by Crippen LogP contribution is 2.29. The van der Waals surface area contributed by atoms with E-state index in [9.17, 15) is 0 Å². The molecule has 0 saturated heterocycles. The summed E-state index contributed by atoms with van der Waals surface area (Å²) < 4.78 is 0.856. The zero-order valence-corrected chi connectivity index (χ0v) is 13.8. The molecule has 2 aromatic carbocycles. The SMILES string of the molecule is Cc1c(N)c(Br)cc2nn(-c3ccc(C(C)C)cc3)nc12.